The zero-order valence-corrected chi connectivity index (χ0v) is 19.0. The van der Waals surface area contributed by atoms with Gasteiger partial charge in [0.1, 0.15) is 18.5 Å². The summed E-state index contributed by atoms with van der Waals surface area (Å²) in [5.41, 5.74) is 2.06. The van der Waals surface area contributed by atoms with E-state index in [0.717, 1.165) is 5.56 Å². The summed E-state index contributed by atoms with van der Waals surface area (Å²) in [7, 11) is 0. The summed E-state index contributed by atoms with van der Waals surface area (Å²) in [6.07, 6.45) is -0.00556. The second-order valence-corrected chi connectivity index (χ2v) is 8.87. The Kier molecular flexibility index (Phi) is 6.10. The first-order valence-electron chi connectivity index (χ1n) is 11.6. The first-order chi connectivity index (χ1) is 16.9. The van der Waals surface area contributed by atoms with Crippen molar-refractivity contribution in [1.29, 1.82) is 0 Å². The maximum atomic E-state index is 15.0. The van der Waals surface area contributed by atoms with Crippen LogP contribution in [0, 0.1) is 5.82 Å². The van der Waals surface area contributed by atoms with Crippen molar-refractivity contribution in [1.82, 2.24) is 15.1 Å². The van der Waals surface area contributed by atoms with Crippen LogP contribution < -0.4 is 10.2 Å². The predicted octanol–water partition coefficient (Wildman–Crippen LogP) is 2.05. The van der Waals surface area contributed by atoms with E-state index in [9.17, 15) is 19.2 Å². The number of nitrogens with one attached hydrogen (secondary N) is 1. The Balaban J connectivity index is 1.22. The van der Waals surface area contributed by atoms with Crippen molar-refractivity contribution in [2.24, 2.45) is 0 Å². The van der Waals surface area contributed by atoms with Crippen LogP contribution in [-0.4, -0.2) is 65.8 Å². The van der Waals surface area contributed by atoms with E-state index in [-0.39, 0.29) is 37.8 Å². The number of carbonyl (C=O) groups excluding carboxylic acids is 4. The number of piperazine rings is 1. The number of amides is 4. The van der Waals surface area contributed by atoms with Crippen LogP contribution in [0.25, 0.3) is 0 Å². The molecule has 0 aromatic heterocycles. The number of fused-ring (bicyclic) bond motifs is 1. The lowest BCUT2D eigenvalue weighted by atomic mass is 10.0. The summed E-state index contributed by atoms with van der Waals surface area (Å²) >= 11 is 0. The Labute approximate surface area is 201 Å². The lowest BCUT2D eigenvalue weighted by molar-refractivity contribution is -0.136. The Morgan fingerprint density at radius 2 is 1.80 bits per heavy atom. The van der Waals surface area contributed by atoms with Gasteiger partial charge in [-0.3, -0.25) is 19.7 Å². The van der Waals surface area contributed by atoms with E-state index in [4.69, 9.17) is 4.74 Å². The highest BCUT2D eigenvalue weighted by molar-refractivity contribution is 6.05. The Morgan fingerprint density at radius 1 is 1.06 bits per heavy atom. The van der Waals surface area contributed by atoms with Gasteiger partial charge in [0.25, 0.3) is 5.91 Å². The van der Waals surface area contributed by atoms with E-state index in [0.29, 0.717) is 43.0 Å². The van der Waals surface area contributed by atoms with Crippen LogP contribution in [0.15, 0.2) is 42.5 Å². The van der Waals surface area contributed by atoms with Gasteiger partial charge in [-0.05, 0) is 29.7 Å². The molecule has 0 radical (unpaired) electrons. The minimum atomic E-state index is -0.746. The van der Waals surface area contributed by atoms with Crippen molar-refractivity contribution in [2.45, 2.75) is 32.0 Å². The molecular weight excluding hydrogens is 455 g/mol. The third-order valence-corrected chi connectivity index (χ3v) is 6.67. The SMILES string of the molecule is O=C1CCC(N2Cc3cc(F)c(N4CCN(C(=O)OCc5ccccc5)CC4)cc3C2=O)C(=O)N1. The number of rotatable bonds is 4. The number of anilines is 1. The molecule has 4 amide bonds. The average Bonchev–Trinajstić information content (AvgIpc) is 3.17. The molecule has 2 fully saturated rings. The lowest BCUT2D eigenvalue weighted by Crippen LogP contribution is -2.52. The maximum absolute atomic E-state index is 15.0. The van der Waals surface area contributed by atoms with Crippen molar-refractivity contribution in [3.8, 4) is 0 Å². The number of benzene rings is 2. The van der Waals surface area contributed by atoms with Gasteiger partial charge in [0.05, 0.1) is 5.69 Å². The van der Waals surface area contributed by atoms with Gasteiger partial charge in [0.15, 0.2) is 0 Å². The normalized spacial score (nSPS) is 20.1. The van der Waals surface area contributed by atoms with Gasteiger partial charge < -0.3 is 19.4 Å². The predicted molar refractivity (Wildman–Crippen MR) is 123 cm³/mol. The number of nitrogens with zero attached hydrogens (tertiary/aromatic N) is 3. The molecule has 9 nitrogen and oxygen atoms in total. The van der Waals surface area contributed by atoms with Gasteiger partial charge in [0, 0.05) is 44.7 Å². The van der Waals surface area contributed by atoms with Crippen LogP contribution in [0.4, 0.5) is 14.9 Å². The van der Waals surface area contributed by atoms with E-state index < -0.39 is 23.9 Å². The summed E-state index contributed by atoms with van der Waals surface area (Å²) in [5, 5.41) is 2.26. The molecule has 10 heteroatoms. The third kappa shape index (κ3) is 4.55. The summed E-state index contributed by atoms with van der Waals surface area (Å²) in [6.45, 7) is 1.81. The summed E-state index contributed by atoms with van der Waals surface area (Å²) < 4.78 is 20.4. The number of ether oxygens (including phenoxy) is 1. The Hall–Kier alpha value is -3.95. The largest absolute Gasteiger partial charge is 0.445 e. The van der Waals surface area contributed by atoms with Crippen molar-refractivity contribution >= 4 is 29.5 Å². The fourth-order valence-electron chi connectivity index (χ4n) is 4.76. The van der Waals surface area contributed by atoms with Crippen LogP contribution in [0.2, 0.25) is 0 Å². The first-order valence-corrected chi connectivity index (χ1v) is 11.6. The molecule has 0 aliphatic carbocycles. The monoisotopic (exact) mass is 480 g/mol. The van der Waals surface area contributed by atoms with Gasteiger partial charge in [-0.15, -0.1) is 0 Å². The molecule has 5 rings (SSSR count). The smallest absolute Gasteiger partial charge is 0.410 e. The van der Waals surface area contributed by atoms with Crippen molar-refractivity contribution in [3.63, 3.8) is 0 Å². The fraction of sp³-hybridized carbons (Fsp3) is 0.360. The standard InChI is InChI=1S/C25H25FN4O5/c26-19-12-17-14-30(20-6-7-22(31)27-23(20)32)24(33)18(17)13-21(19)28-8-10-29(11-9-28)25(34)35-15-16-4-2-1-3-5-16/h1-5,12-13,20H,6-11,14-15H2,(H,27,31,32). The third-order valence-electron chi connectivity index (χ3n) is 6.67. The van der Waals surface area contributed by atoms with Crippen molar-refractivity contribution < 1.29 is 28.3 Å². The molecular formula is C25H25FN4O5. The highest BCUT2D eigenvalue weighted by atomic mass is 19.1. The number of piperidine rings is 1. The molecule has 1 atom stereocenters. The van der Waals surface area contributed by atoms with Crippen LogP contribution in [-0.2, 0) is 27.5 Å². The second kappa shape index (κ2) is 9.36. The second-order valence-electron chi connectivity index (χ2n) is 8.87. The molecule has 0 spiro atoms. The van der Waals surface area contributed by atoms with Crippen LogP contribution in [0.3, 0.4) is 0 Å². The van der Waals surface area contributed by atoms with E-state index in [1.54, 1.807) is 9.80 Å². The lowest BCUT2D eigenvalue weighted by Gasteiger charge is -2.35. The molecule has 2 aromatic rings. The van der Waals surface area contributed by atoms with Crippen LogP contribution in [0.5, 0.6) is 0 Å². The molecule has 2 saturated heterocycles. The summed E-state index contributed by atoms with van der Waals surface area (Å²) in [5.74, 6) is -1.66. The molecule has 0 saturated carbocycles. The van der Waals surface area contributed by atoms with Crippen molar-refractivity contribution in [3.05, 3.63) is 65.0 Å². The topological polar surface area (TPSA) is 99.3 Å². The molecule has 3 heterocycles. The van der Waals surface area contributed by atoms with E-state index in [2.05, 4.69) is 5.32 Å². The first kappa shape index (κ1) is 22.8. The molecule has 0 bridgehead atoms. The van der Waals surface area contributed by atoms with Gasteiger partial charge in [-0.25, -0.2) is 9.18 Å². The minimum absolute atomic E-state index is 0.124. The Bertz CT molecular complexity index is 1180. The highest BCUT2D eigenvalue weighted by Crippen LogP contribution is 2.33. The maximum Gasteiger partial charge on any atom is 0.410 e. The molecule has 3 aliphatic heterocycles. The Morgan fingerprint density at radius 3 is 2.51 bits per heavy atom. The minimum Gasteiger partial charge on any atom is -0.445 e. The zero-order valence-electron chi connectivity index (χ0n) is 19.0. The molecule has 3 aliphatic rings. The van der Waals surface area contributed by atoms with E-state index >= 15 is 4.39 Å². The van der Waals surface area contributed by atoms with Crippen LogP contribution >= 0.6 is 0 Å². The quantitative estimate of drug-likeness (QED) is 0.673. The number of carbonyl (C=O) groups is 4. The van der Waals surface area contributed by atoms with Gasteiger partial charge in [-0.2, -0.15) is 0 Å². The van der Waals surface area contributed by atoms with E-state index in [1.165, 1.54) is 17.0 Å². The van der Waals surface area contributed by atoms with Gasteiger partial charge >= 0.3 is 6.09 Å². The van der Waals surface area contributed by atoms with Crippen molar-refractivity contribution in [2.75, 3.05) is 31.1 Å². The summed E-state index contributed by atoms with van der Waals surface area (Å²) in [4.78, 5) is 53.9. The highest BCUT2D eigenvalue weighted by Gasteiger charge is 2.40. The van der Waals surface area contributed by atoms with Gasteiger partial charge in [0.2, 0.25) is 11.8 Å². The number of hydrogen-bond donors (Lipinski definition) is 1. The molecule has 182 valence electrons. The fourth-order valence-corrected chi connectivity index (χ4v) is 4.76. The summed E-state index contributed by atoms with van der Waals surface area (Å²) in [6, 6.07) is 11.5. The zero-order chi connectivity index (χ0) is 24.5. The molecule has 2 aromatic carbocycles. The number of hydrogen-bond acceptors (Lipinski definition) is 6. The average molecular weight is 480 g/mol. The van der Waals surface area contributed by atoms with Crippen LogP contribution in [0.1, 0.15) is 34.3 Å². The molecule has 1 unspecified atom stereocenters. The van der Waals surface area contributed by atoms with E-state index in [1.807, 2.05) is 30.3 Å². The number of imide groups is 1. The molecule has 35 heavy (non-hydrogen) atoms. The van der Waals surface area contributed by atoms with Gasteiger partial charge in [-0.1, -0.05) is 30.3 Å². The number of halogens is 1. The molecule has 1 N–H and O–H groups in total.